The first-order valence-corrected chi connectivity index (χ1v) is 7.97. The third-order valence-electron chi connectivity index (χ3n) is 3.37. The monoisotopic (exact) mass is 330 g/mol. The van der Waals surface area contributed by atoms with E-state index in [1.54, 1.807) is 6.07 Å². The molecule has 3 aromatic rings. The molecule has 0 unspecified atom stereocenters. The molecule has 120 valence electrons. The van der Waals surface area contributed by atoms with Crippen molar-refractivity contribution in [2.45, 2.75) is 32.7 Å². The minimum Gasteiger partial charge on any atom is -0.332 e. The Morgan fingerprint density at radius 1 is 1.30 bits per heavy atom. The number of H-pyrrole nitrogens is 1. The van der Waals surface area contributed by atoms with Crippen LogP contribution in [-0.4, -0.2) is 25.0 Å². The molecule has 0 aliphatic heterocycles. The second-order valence-electron chi connectivity index (χ2n) is 6.27. The first kappa shape index (κ1) is 15.4. The van der Waals surface area contributed by atoms with E-state index in [4.69, 9.17) is 0 Å². The molecule has 0 spiro atoms. The van der Waals surface area contributed by atoms with E-state index in [1.165, 1.54) is 0 Å². The topological polar surface area (TPSA) is 95.6 Å². The number of hydrogen-bond donors (Lipinski definition) is 3. The predicted molar refractivity (Wildman–Crippen MR) is 90.6 cm³/mol. The van der Waals surface area contributed by atoms with E-state index in [2.05, 4.69) is 50.3 Å². The van der Waals surface area contributed by atoms with Gasteiger partial charge in [0, 0.05) is 5.41 Å². The molecule has 2 aromatic heterocycles. The van der Waals surface area contributed by atoms with E-state index in [9.17, 15) is 4.79 Å². The van der Waals surface area contributed by atoms with Crippen LogP contribution in [0.15, 0.2) is 24.3 Å². The molecule has 23 heavy (non-hydrogen) atoms. The van der Waals surface area contributed by atoms with Crippen molar-refractivity contribution in [3.05, 3.63) is 35.7 Å². The SMILES string of the molecule is CC(C)(C)c1cc(CNC(=O)Nc2cccc3nsnc23)[nH]n1. The molecule has 0 radical (unpaired) electrons. The number of aromatic nitrogens is 4. The number of carbonyl (C=O) groups excluding carboxylic acids is 1. The number of carbonyl (C=O) groups is 1. The fourth-order valence-electron chi connectivity index (χ4n) is 2.09. The summed E-state index contributed by atoms with van der Waals surface area (Å²) in [5, 5.41) is 12.8. The lowest BCUT2D eigenvalue weighted by molar-refractivity contribution is 0.251. The lowest BCUT2D eigenvalue weighted by Gasteiger charge is -2.13. The molecule has 0 bridgehead atoms. The van der Waals surface area contributed by atoms with Crippen molar-refractivity contribution in [3.63, 3.8) is 0 Å². The number of benzene rings is 1. The number of anilines is 1. The van der Waals surface area contributed by atoms with Gasteiger partial charge in [0.15, 0.2) is 0 Å². The van der Waals surface area contributed by atoms with Gasteiger partial charge in [-0.2, -0.15) is 13.8 Å². The number of hydrogen-bond acceptors (Lipinski definition) is 5. The van der Waals surface area contributed by atoms with Crippen molar-refractivity contribution < 1.29 is 4.79 Å². The van der Waals surface area contributed by atoms with Gasteiger partial charge in [-0.3, -0.25) is 5.10 Å². The zero-order valence-corrected chi connectivity index (χ0v) is 14.0. The molecule has 8 heteroatoms. The van der Waals surface area contributed by atoms with Crippen LogP contribution < -0.4 is 10.6 Å². The Labute approximate surface area is 137 Å². The highest BCUT2D eigenvalue weighted by molar-refractivity contribution is 7.00. The number of rotatable bonds is 3. The number of nitrogens with one attached hydrogen (secondary N) is 3. The Morgan fingerprint density at radius 2 is 2.13 bits per heavy atom. The molecule has 1 aromatic carbocycles. The van der Waals surface area contributed by atoms with Crippen LogP contribution in [0.3, 0.4) is 0 Å². The van der Waals surface area contributed by atoms with Crippen LogP contribution in [0, 0.1) is 0 Å². The normalized spacial score (nSPS) is 11.6. The van der Waals surface area contributed by atoms with Gasteiger partial charge in [0.2, 0.25) is 0 Å². The maximum absolute atomic E-state index is 12.1. The lowest BCUT2D eigenvalue weighted by Crippen LogP contribution is -2.28. The van der Waals surface area contributed by atoms with Crippen LogP contribution in [-0.2, 0) is 12.0 Å². The summed E-state index contributed by atoms with van der Waals surface area (Å²) in [4.78, 5) is 12.1. The van der Waals surface area contributed by atoms with Crippen molar-refractivity contribution in [2.24, 2.45) is 0 Å². The molecule has 0 aliphatic rings. The van der Waals surface area contributed by atoms with E-state index < -0.39 is 0 Å². The Hall–Kier alpha value is -2.48. The molecule has 0 saturated heterocycles. The van der Waals surface area contributed by atoms with Gasteiger partial charge < -0.3 is 10.6 Å². The predicted octanol–water partition coefficient (Wildman–Crippen LogP) is 3.03. The summed E-state index contributed by atoms with van der Waals surface area (Å²) in [5.41, 5.74) is 3.92. The van der Waals surface area contributed by atoms with Crippen molar-refractivity contribution >= 4 is 34.5 Å². The summed E-state index contributed by atoms with van der Waals surface area (Å²) in [5.74, 6) is 0. The van der Waals surface area contributed by atoms with Crippen molar-refractivity contribution in [1.82, 2.24) is 24.3 Å². The quantitative estimate of drug-likeness (QED) is 0.688. The zero-order valence-electron chi connectivity index (χ0n) is 13.2. The van der Waals surface area contributed by atoms with Crippen molar-refractivity contribution in [2.75, 3.05) is 5.32 Å². The second kappa shape index (κ2) is 5.96. The number of nitrogens with zero attached hydrogens (tertiary/aromatic N) is 3. The highest BCUT2D eigenvalue weighted by atomic mass is 32.1. The van der Waals surface area contributed by atoms with Gasteiger partial charge in [-0.15, -0.1) is 0 Å². The minimum absolute atomic E-state index is 0.0235. The van der Waals surface area contributed by atoms with Gasteiger partial charge in [-0.1, -0.05) is 26.8 Å². The van der Waals surface area contributed by atoms with Gasteiger partial charge >= 0.3 is 6.03 Å². The van der Waals surface area contributed by atoms with Crippen LogP contribution in [0.5, 0.6) is 0 Å². The number of aromatic amines is 1. The van der Waals surface area contributed by atoms with Crippen LogP contribution in [0.1, 0.15) is 32.2 Å². The average molecular weight is 330 g/mol. The third kappa shape index (κ3) is 3.48. The average Bonchev–Trinajstić information content (AvgIpc) is 3.14. The largest absolute Gasteiger partial charge is 0.332 e. The summed E-state index contributed by atoms with van der Waals surface area (Å²) in [7, 11) is 0. The van der Waals surface area contributed by atoms with Gasteiger partial charge in [0.25, 0.3) is 0 Å². The minimum atomic E-state index is -0.294. The van der Waals surface area contributed by atoms with E-state index >= 15 is 0 Å². The molecule has 2 heterocycles. The fraction of sp³-hybridized carbons (Fsp3) is 0.333. The standard InChI is InChI=1S/C15H18N6OS/c1-15(2,3)12-7-9(18-19-12)8-16-14(22)17-10-5-4-6-11-13(10)21-23-20-11/h4-7H,8H2,1-3H3,(H,18,19)(H2,16,17,22). The van der Waals surface area contributed by atoms with E-state index in [-0.39, 0.29) is 11.4 Å². The molecule has 7 nitrogen and oxygen atoms in total. The number of amides is 2. The Bertz CT molecular complexity index is 832. The smallest absolute Gasteiger partial charge is 0.319 e. The van der Waals surface area contributed by atoms with E-state index in [0.29, 0.717) is 17.7 Å². The van der Waals surface area contributed by atoms with Crippen LogP contribution in [0.2, 0.25) is 0 Å². The summed E-state index contributed by atoms with van der Waals surface area (Å²) in [6, 6.07) is 7.17. The molecule has 3 rings (SSSR count). The molecular weight excluding hydrogens is 312 g/mol. The van der Waals surface area contributed by atoms with Gasteiger partial charge in [0.05, 0.1) is 35.3 Å². The Balaban J connectivity index is 1.62. The summed E-state index contributed by atoms with van der Waals surface area (Å²) < 4.78 is 8.34. The number of fused-ring (bicyclic) bond motifs is 1. The summed E-state index contributed by atoms with van der Waals surface area (Å²) in [6.07, 6.45) is 0. The lowest BCUT2D eigenvalue weighted by atomic mass is 9.92. The molecule has 0 aliphatic carbocycles. The molecule has 0 fully saturated rings. The zero-order chi connectivity index (χ0) is 16.4. The Kier molecular flexibility index (Phi) is 3.99. The van der Waals surface area contributed by atoms with Crippen LogP contribution in [0.25, 0.3) is 11.0 Å². The van der Waals surface area contributed by atoms with Crippen molar-refractivity contribution in [3.8, 4) is 0 Å². The molecule has 2 amide bonds. The maximum atomic E-state index is 12.1. The maximum Gasteiger partial charge on any atom is 0.319 e. The highest BCUT2D eigenvalue weighted by Gasteiger charge is 2.17. The summed E-state index contributed by atoms with van der Waals surface area (Å²) >= 11 is 1.12. The van der Waals surface area contributed by atoms with E-state index in [1.807, 2.05) is 18.2 Å². The molecule has 3 N–H and O–H groups in total. The molecule has 0 atom stereocenters. The third-order valence-corrected chi connectivity index (χ3v) is 3.92. The van der Waals surface area contributed by atoms with Crippen LogP contribution >= 0.6 is 11.7 Å². The van der Waals surface area contributed by atoms with Crippen LogP contribution in [0.4, 0.5) is 10.5 Å². The summed E-state index contributed by atoms with van der Waals surface area (Å²) in [6.45, 7) is 6.65. The first-order valence-electron chi connectivity index (χ1n) is 7.24. The highest BCUT2D eigenvalue weighted by Crippen LogP contribution is 2.21. The first-order chi connectivity index (χ1) is 10.9. The van der Waals surface area contributed by atoms with Gasteiger partial charge in [0.1, 0.15) is 11.0 Å². The second-order valence-corrected chi connectivity index (χ2v) is 6.80. The Morgan fingerprint density at radius 3 is 2.87 bits per heavy atom. The van der Waals surface area contributed by atoms with E-state index in [0.717, 1.165) is 28.6 Å². The van der Waals surface area contributed by atoms with Crippen molar-refractivity contribution in [1.29, 1.82) is 0 Å². The molecular formula is C15H18N6OS. The van der Waals surface area contributed by atoms with Gasteiger partial charge in [-0.25, -0.2) is 4.79 Å². The molecule has 0 saturated carbocycles. The fourth-order valence-corrected chi connectivity index (χ4v) is 2.64. The number of urea groups is 1. The van der Waals surface area contributed by atoms with Gasteiger partial charge in [-0.05, 0) is 18.2 Å².